The number of benzene rings is 1. The predicted octanol–water partition coefficient (Wildman–Crippen LogP) is 0.0364. The third-order valence-corrected chi connectivity index (χ3v) is 2.22. The van der Waals surface area contributed by atoms with E-state index >= 15 is 0 Å². The van der Waals surface area contributed by atoms with Crippen molar-refractivity contribution in [1.82, 2.24) is 0 Å². The van der Waals surface area contributed by atoms with E-state index in [1.54, 1.807) is 0 Å². The summed E-state index contributed by atoms with van der Waals surface area (Å²) in [5.41, 5.74) is 0. The molecule has 2 rings (SSSR count). The average Bonchev–Trinajstić information content (AvgIpc) is 2.17. The van der Waals surface area contributed by atoms with Gasteiger partial charge in [-0.05, 0) is 18.6 Å². The van der Waals surface area contributed by atoms with Crippen molar-refractivity contribution in [2.45, 2.75) is 25.6 Å². The highest BCUT2D eigenvalue weighted by molar-refractivity contribution is 5.03. The lowest BCUT2D eigenvalue weighted by atomic mass is 10.2. The van der Waals surface area contributed by atoms with Crippen molar-refractivity contribution in [2.24, 2.45) is 9.98 Å². The second-order valence-electron chi connectivity index (χ2n) is 3.14. The van der Waals surface area contributed by atoms with E-state index in [9.17, 15) is 5.11 Å². The van der Waals surface area contributed by atoms with Crippen LogP contribution in [0.2, 0.25) is 0 Å². The van der Waals surface area contributed by atoms with Gasteiger partial charge in [0.15, 0.2) is 6.23 Å². The van der Waals surface area contributed by atoms with E-state index < -0.39 is 6.23 Å². The fourth-order valence-corrected chi connectivity index (χ4v) is 1.46. The summed E-state index contributed by atoms with van der Waals surface area (Å²) in [7, 11) is 0. The van der Waals surface area contributed by atoms with E-state index in [0.717, 1.165) is 17.1 Å². The molecule has 0 saturated heterocycles. The van der Waals surface area contributed by atoms with E-state index in [2.05, 4.69) is 9.98 Å². The van der Waals surface area contributed by atoms with Gasteiger partial charge in [-0.25, -0.2) is 4.99 Å². The van der Waals surface area contributed by atoms with Crippen LogP contribution >= 0.6 is 0 Å². The summed E-state index contributed by atoms with van der Waals surface area (Å²) in [6, 6.07) is 7.55. The van der Waals surface area contributed by atoms with Gasteiger partial charge in [-0.15, -0.1) is 0 Å². The highest BCUT2D eigenvalue weighted by Crippen LogP contribution is 2.05. The first-order valence-electron chi connectivity index (χ1n) is 4.50. The number of para-hydroxylation sites is 2. The van der Waals surface area contributed by atoms with Crippen molar-refractivity contribution in [3.05, 3.63) is 35.0 Å². The fourth-order valence-electron chi connectivity index (χ4n) is 1.46. The largest absolute Gasteiger partial charge is 0.370 e. The lowest BCUT2D eigenvalue weighted by molar-refractivity contribution is 0.142. The zero-order valence-electron chi connectivity index (χ0n) is 7.51. The van der Waals surface area contributed by atoms with E-state index in [0.29, 0.717) is 0 Å². The highest BCUT2D eigenvalue weighted by Gasteiger charge is 2.17. The van der Waals surface area contributed by atoms with Crippen LogP contribution in [0.5, 0.6) is 0 Å². The summed E-state index contributed by atoms with van der Waals surface area (Å²) < 4.78 is 0. The lowest BCUT2D eigenvalue weighted by Crippen LogP contribution is -2.38. The summed E-state index contributed by atoms with van der Waals surface area (Å²) in [4.78, 5) is 8.56. The van der Waals surface area contributed by atoms with Crippen molar-refractivity contribution in [3.63, 3.8) is 0 Å². The highest BCUT2D eigenvalue weighted by atomic mass is 16.3. The number of hydrogen-bond acceptors (Lipinski definition) is 3. The van der Waals surface area contributed by atoms with Crippen LogP contribution in [-0.2, 0) is 0 Å². The second kappa shape index (κ2) is 3.26. The van der Waals surface area contributed by atoms with Crippen LogP contribution in [0.4, 0.5) is 0 Å². The molecule has 1 aliphatic heterocycles. The molecule has 0 radical (unpaired) electrons. The van der Waals surface area contributed by atoms with Gasteiger partial charge in [-0.2, -0.15) is 0 Å². The summed E-state index contributed by atoms with van der Waals surface area (Å²) in [6.45, 7) is 2.00. The minimum atomic E-state index is -0.667. The Balaban J connectivity index is 2.59. The van der Waals surface area contributed by atoms with E-state index in [1.807, 2.05) is 31.2 Å². The molecule has 0 aromatic heterocycles. The molecule has 2 atom stereocenters. The van der Waals surface area contributed by atoms with Crippen molar-refractivity contribution in [2.75, 3.05) is 0 Å². The molecule has 1 aliphatic rings. The van der Waals surface area contributed by atoms with Crippen molar-refractivity contribution >= 4 is 0 Å². The normalized spacial score (nSPS) is 25.7. The van der Waals surface area contributed by atoms with Crippen LogP contribution in [0.1, 0.15) is 13.3 Å². The first kappa shape index (κ1) is 8.38. The Bertz CT molecular complexity index is 413. The quantitative estimate of drug-likeness (QED) is 0.645. The molecule has 0 spiro atoms. The van der Waals surface area contributed by atoms with Crippen molar-refractivity contribution in [3.8, 4) is 0 Å². The van der Waals surface area contributed by atoms with Crippen LogP contribution < -0.4 is 10.7 Å². The zero-order chi connectivity index (χ0) is 9.26. The van der Waals surface area contributed by atoms with Gasteiger partial charge in [0, 0.05) is 0 Å². The van der Waals surface area contributed by atoms with Gasteiger partial charge in [0.25, 0.3) is 0 Å². The Morgan fingerprint density at radius 3 is 2.46 bits per heavy atom. The second-order valence-corrected chi connectivity index (χ2v) is 3.14. The Kier molecular flexibility index (Phi) is 2.10. The summed E-state index contributed by atoms with van der Waals surface area (Å²) in [6.07, 6.45) is 0.152. The first-order valence-corrected chi connectivity index (χ1v) is 4.50. The summed E-state index contributed by atoms with van der Waals surface area (Å²) in [5.74, 6) is 0. The van der Waals surface area contributed by atoms with Gasteiger partial charge < -0.3 is 5.11 Å². The minimum absolute atomic E-state index is 0.0742. The molecule has 13 heavy (non-hydrogen) atoms. The first-order chi connectivity index (χ1) is 6.31. The molecule has 1 aromatic rings. The van der Waals surface area contributed by atoms with Crippen LogP contribution in [0.15, 0.2) is 34.3 Å². The molecule has 1 heterocycles. The molecule has 3 nitrogen and oxygen atoms in total. The smallest absolute Gasteiger partial charge is 0.168 e. The van der Waals surface area contributed by atoms with Crippen LogP contribution in [0.3, 0.4) is 0 Å². The fraction of sp³-hybridized carbons (Fsp3) is 0.400. The molecule has 1 aromatic carbocycles. The number of hydrogen-bond donors (Lipinski definition) is 1. The van der Waals surface area contributed by atoms with Gasteiger partial charge in [0.2, 0.25) is 0 Å². The molecule has 0 aliphatic carbocycles. The third-order valence-electron chi connectivity index (χ3n) is 2.22. The lowest BCUT2D eigenvalue weighted by Gasteiger charge is -2.16. The predicted molar refractivity (Wildman–Crippen MR) is 48.8 cm³/mol. The standard InChI is InChI=1S/C10H12N2O/c1-2-7-10(13)12-9-6-4-3-5-8(9)11-7/h3-7,10,13H,2H2,1H3. The SMILES string of the molecule is CCC1N=c2ccccc2=NC1O. The van der Waals surface area contributed by atoms with E-state index in [4.69, 9.17) is 0 Å². The molecule has 3 heteroatoms. The summed E-state index contributed by atoms with van der Waals surface area (Å²) >= 11 is 0. The van der Waals surface area contributed by atoms with Crippen molar-refractivity contribution in [1.29, 1.82) is 0 Å². The molecule has 68 valence electrons. The maximum absolute atomic E-state index is 9.56. The van der Waals surface area contributed by atoms with Gasteiger partial charge in [0.05, 0.1) is 16.8 Å². The number of nitrogens with zero attached hydrogens (tertiary/aromatic N) is 2. The van der Waals surface area contributed by atoms with Crippen LogP contribution in [0, 0.1) is 0 Å². The molecule has 0 saturated carbocycles. The molecular weight excluding hydrogens is 164 g/mol. The topological polar surface area (TPSA) is 45.0 Å². The number of rotatable bonds is 1. The number of fused-ring (bicyclic) bond motifs is 1. The molecule has 2 unspecified atom stereocenters. The molecule has 0 amide bonds. The third kappa shape index (κ3) is 1.47. The van der Waals surface area contributed by atoms with Gasteiger partial charge in [-0.3, -0.25) is 4.99 Å². The average molecular weight is 176 g/mol. The zero-order valence-corrected chi connectivity index (χ0v) is 7.51. The summed E-state index contributed by atoms with van der Waals surface area (Å²) in [5, 5.41) is 11.2. The van der Waals surface area contributed by atoms with E-state index in [-0.39, 0.29) is 6.04 Å². The van der Waals surface area contributed by atoms with Gasteiger partial charge in [-0.1, -0.05) is 19.1 Å². The van der Waals surface area contributed by atoms with Gasteiger partial charge in [0.1, 0.15) is 0 Å². The monoisotopic (exact) mass is 176 g/mol. The van der Waals surface area contributed by atoms with Crippen molar-refractivity contribution < 1.29 is 5.11 Å². The number of aliphatic hydroxyl groups excluding tert-OH is 1. The molecule has 1 N–H and O–H groups in total. The Morgan fingerprint density at radius 2 is 1.85 bits per heavy atom. The Morgan fingerprint density at radius 1 is 1.23 bits per heavy atom. The molecule has 0 bridgehead atoms. The van der Waals surface area contributed by atoms with Crippen LogP contribution in [0.25, 0.3) is 0 Å². The minimum Gasteiger partial charge on any atom is -0.370 e. The van der Waals surface area contributed by atoms with E-state index in [1.165, 1.54) is 0 Å². The maximum atomic E-state index is 9.56. The maximum Gasteiger partial charge on any atom is 0.168 e. The van der Waals surface area contributed by atoms with Crippen LogP contribution in [-0.4, -0.2) is 17.4 Å². The Labute approximate surface area is 76.5 Å². The van der Waals surface area contributed by atoms with Gasteiger partial charge >= 0.3 is 0 Å². The molecular formula is C10H12N2O. The number of aliphatic hydroxyl groups is 1. The Hall–Kier alpha value is -1.22. The molecule has 0 fully saturated rings.